The number of sulfone groups is 1. The summed E-state index contributed by atoms with van der Waals surface area (Å²) in [4.78, 5) is 14.6. The molecule has 8 N–H and O–H groups in total. The van der Waals surface area contributed by atoms with Crippen molar-refractivity contribution in [1.82, 2.24) is 5.16 Å². The Balaban J connectivity index is 0.846. The van der Waals surface area contributed by atoms with E-state index in [0.717, 1.165) is 44.9 Å². The Morgan fingerprint density at radius 2 is 1.47 bits per heavy atom. The lowest BCUT2D eigenvalue weighted by Crippen LogP contribution is -2.66. The first-order valence-electron chi connectivity index (χ1n) is 29.7. The molecule has 466 valence electrons. The number of nitrogens with zero attached hydrogens (tertiary/aromatic N) is 2. The maximum atomic E-state index is 15.0. The molecule has 3 aliphatic heterocycles. The summed E-state index contributed by atoms with van der Waals surface area (Å²) >= 11 is 0. The van der Waals surface area contributed by atoms with Crippen molar-refractivity contribution in [1.29, 1.82) is 0 Å². The van der Waals surface area contributed by atoms with E-state index in [9.17, 15) is 59.3 Å². The van der Waals surface area contributed by atoms with Gasteiger partial charge in [0.1, 0.15) is 67.1 Å². The van der Waals surface area contributed by atoms with Gasteiger partial charge < -0.3 is 84.0 Å². The molecule has 83 heavy (non-hydrogen) atoms. The molecule has 0 bridgehead atoms. The Morgan fingerprint density at radius 3 is 2.17 bits per heavy atom. The predicted molar refractivity (Wildman–Crippen MR) is 289 cm³/mol. The van der Waals surface area contributed by atoms with Crippen LogP contribution in [-0.2, 0) is 47.8 Å². The number of rotatable bonds is 15. The molecular weight excluding hydrogens is 1100 g/mol. The zero-order chi connectivity index (χ0) is 60.1. The van der Waals surface area contributed by atoms with E-state index >= 15 is 0 Å². The minimum atomic E-state index is -4.32. The Morgan fingerprint density at radius 1 is 0.795 bits per heavy atom. The number of benzene rings is 1. The van der Waals surface area contributed by atoms with Crippen molar-refractivity contribution in [2.75, 3.05) is 19.8 Å². The van der Waals surface area contributed by atoms with Gasteiger partial charge >= 0.3 is 16.9 Å². The summed E-state index contributed by atoms with van der Waals surface area (Å²) in [5.74, 6) is -0.355. The predicted octanol–water partition coefficient (Wildman–Crippen LogP) is 3.14. The summed E-state index contributed by atoms with van der Waals surface area (Å²) in [7, 11) is -4.32. The van der Waals surface area contributed by atoms with Crippen LogP contribution in [0.1, 0.15) is 133 Å². The highest BCUT2D eigenvalue weighted by molar-refractivity contribution is 7.91. The van der Waals surface area contributed by atoms with Crippen LogP contribution < -0.4 is 9.64 Å². The number of aliphatic hydroxyl groups excluding tert-OH is 8. The van der Waals surface area contributed by atoms with Crippen molar-refractivity contribution in [2.45, 2.75) is 241 Å². The lowest BCUT2D eigenvalue weighted by molar-refractivity contribution is -0.832. The Bertz CT molecular complexity index is 2780. The van der Waals surface area contributed by atoms with Crippen LogP contribution in [-0.4, -0.2) is 178 Å². The maximum absolute atomic E-state index is 15.0. The molecule has 2 aromatic rings. The van der Waals surface area contributed by atoms with Gasteiger partial charge in [0.15, 0.2) is 18.9 Å². The average Bonchev–Trinajstić information content (AvgIpc) is 2.28. The van der Waals surface area contributed by atoms with Gasteiger partial charge in [-0.1, -0.05) is 78.3 Å². The third kappa shape index (κ3) is 10.7. The summed E-state index contributed by atoms with van der Waals surface area (Å²) in [5.41, 5.74) is -0.464. The average molecular weight is 1190 g/mol. The van der Waals surface area contributed by atoms with E-state index in [4.69, 9.17) is 37.9 Å². The van der Waals surface area contributed by atoms with E-state index in [1.807, 2.05) is 0 Å². The molecule has 4 heterocycles. The van der Waals surface area contributed by atoms with E-state index in [1.165, 1.54) is 36.8 Å². The molecule has 3 saturated heterocycles. The van der Waals surface area contributed by atoms with E-state index in [-0.39, 0.29) is 74.8 Å². The molecule has 1 aromatic carbocycles. The van der Waals surface area contributed by atoms with Crippen LogP contribution >= 0.6 is 0 Å². The molecule has 0 spiro atoms. The third-order valence-corrected chi connectivity index (χ3v) is 23.6. The second kappa shape index (κ2) is 22.9. The number of hydrogen-bond acceptors (Lipinski definition) is 22. The normalized spacial score (nSPS) is 44.4. The van der Waals surface area contributed by atoms with E-state index in [0.29, 0.717) is 19.3 Å². The molecule has 23 nitrogen and oxygen atoms in total. The van der Waals surface area contributed by atoms with E-state index < -0.39 is 136 Å². The fourth-order valence-electron chi connectivity index (χ4n) is 16.7. The molecule has 0 amide bonds. The monoisotopic (exact) mass is 1190 g/mol. The van der Waals surface area contributed by atoms with Gasteiger partial charge in [0, 0.05) is 6.42 Å². The number of hydrogen-bond donors (Lipinski definition) is 8. The number of ether oxygens (including phenoxy) is 8. The molecule has 10 rings (SSSR count). The van der Waals surface area contributed by atoms with Crippen molar-refractivity contribution in [3.8, 4) is 5.88 Å². The number of aliphatic hydroxyl groups is 8. The van der Waals surface area contributed by atoms with Crippen LogP contribution in [0.15, 0.2) is 56.5 Å². The topological polar surface area (TPSA) is 340 Å². The molecule has 8 aliphatic rings. The number of allylic oxidation sites excluding steroid dienone is 2. The molecule has 24 heteroatoms. The van der Waals surface area contributed by atoms with Crippen molar-refractivity contribution in [3.63, 3.8) is 0 Å². The summed E-state index contributed by atoms with van der Waals surface area (Å²) in [6, 6.07) is 7.44. The van der Waals surface area contributed by atoms with Crippen LogP contribution in [0.2, 0.25) is 0 Å². The highest BCUT2D eigenvalue weighted by Crippen LogP contribution is 2.76. The van der Waals surface area contributed by atoms with Gasteiger partial charge in [-0.25, -0.2) is 8.42 Å². The molecule has 0 radical (unpaired) electrons. The lowest BCUT2D eigenvalue weighted by atomic mass is 9.33. The Hall–Kier alpha value is -3.44. The lowest BCUT2D eigenvalue weighted by Gasteiger charge is -2.71. The summed E-state index contributed by atoms with van der Waals surface area (Å²) in [5, 5.41) is 101. The van der Waals surface area contributed by atoms with Gasteiger partial charge in [-0.05, 0) is 140 Å². The fraction of sp³-hybridized carbons (Fsp3) is 0.814. The van der Waals surface area contributed by atoms with Crippen LogP contribution in [0, 0.1) is 55.5 Å². The number of aromatic nitrogens is 2. The SMILES string of the molecule is CC(CCOc1no[n+]([O-])c1S(=O)(=O)c1ccccc1)OC(=O)[C@]12CCC(C)(C)C[C@H]1C1=CC[C@@H]3[C@@]4(C)CC[C@H](O[C@@H]5OC[C@H](O[C@@H]6O[C@H](CO)[C@@H](O)[C@H](O)[C@H]6O)[C@H](O)[C@H]5O[C@@H]5O[C@@H](C)[C@H](O)[C@@H](O)[C@H]5O)C(C)(C)[C@@H]4CC[C@@]3(C)[C@]1(C)CC2. The molecule has 23 atom stereocenters. The van der Waals surface area contributed by atoms with Gasteiger partial charge in [0.25, 0.3) is 9.84 Å². The van der Waals surface area contributed by atoms with Crippen molar-refractivity contribution < 1.29 is 101 Å². The molecular formula is C59H88N2O21S. The number of carbonyl (C=O) groups is 1. The number of carbonyl (C=O) groups excluding carboxylic acids is 1. The van der Waals surface area contributed by atoms with Crippen molar-refractivity contribution >= 4 is 15.8 Å². The van der Waals surface area contributed by atoms with Crippen molar-refractivity contribution in [3.05, 3.63) is 47.2 Å². The first-order valence-corrected chi connectivity index (χ1v) is 31.1. The standard InChI is InChI=1S/C59H88N2O21S/c1-30(19-26-74-48-49(61(71)82-60-48)83(72,73)32-13-11-10-12-14-32)76-53(70)59-24-22-54(3,4)27-34(59)33-15-16-38-56(7)20-18-39(55(5,6)37(56)17-21-58(38,9)57(33,8)23-25-59)80-52-47(81-50-45(68)43(66)40(63)31(2)77-50)42(65)36(29-75-52)79-51-46(69)44(67)41(64)35(28-62)78-51/h10-15,30-31,34-47,50-52,62-69H,16-29H2,1-9H3/t30?,31-,34-,35+,36-,37-,38+,39-,40-,41+,42-,43+,44-,45+,46+,47+,50-,51-,52-,56-,57+,58+,59-/m0/s1. The molecule has 5 aliphatic carbocycles. The number of esters is 1. The third-order valence-electron chi connectivity index (χ3n) is 21.9. The zero-order valence-corrected chi connectivity index (χ0v) is 49.8. The largest absolute Gasteiger partial charge is 0.462 e. The van der Waals surface area contributed by atoms with Gasteiger partial charge in [0.2, 0.25) is 0 Å². The second-order valence-electron chi connectivity index (χ2n) is 27.4. The van der Waals surface area contributed by atoms with Crippen LogP contribution in [0.25, 0.3) is 0 Å². The van der Waals surface area contributed by atoms with E-state index in [2.05, 4.69) is 64.3 Å². The first-order chi connectivity index (χ1) is 39.0. The molecule has 1 unspecified atom stereocenters. The molecule has 7 fully saturated rings. The van der Waals surface area contributed by atoms with Crippen LogP contribution in [0.4, 0.5) is 0 Å². The first kappa shape index (κ1) is 62.6. The van der Waals surface area contributed by atoms with Gasteiger partial charge in [0.05, 0.1) is 47.5 Å². The number of fused-ring (bicyclic) bond motifs is 7. The van der Waals surface area contributed by atoms with Crippen molar-refractivity contribution in [2.24, 2.45) is 50.2 Å². The van der Waals surface area contributed by atoms with E-state index in [1.54, 1.807) is 13.0 Å². The van der Waals surface area contributed by atoms with Gasteiger partial charge in [-0.2, -0.15) is 0 Å². The summed E-state index contributed by atoms with van der Waals surface area (Å²) < 4.78 is 80.5. The Labute approximate surface area is 485 Å². The quantitative estimate of drug-likeness (QED) is 0.0549. The summed E-state index contributed by atoms with van der Waals surface area (Å²) in [6.45, 7) is 18.5. The minimum Gasteiger partial charge on any atom is -0.462 e. The summed E-state index contributed by atoms with van der Waals surface area (Å²) in [6.07, 6.45) is -11.7. The minimum absolute atomic E-state index is 0.0314. The van der Waals surface area contributed by atoms with Crippen LogP contribution in [0.3, 0.4) is 0 Å². The molecule has 4 saturated carbocycles. The fourth-order valence-corrected chi connectivity index (χ4v) is 18.0. The smallest absolute Gasteiger partial charge is 0.414 e. The highest BCUT2D eigenvalue weighted by Gasteiger charge is 2.70. The van der Waals surface area contributed by atoms with Gasteiger partial charge in [-0.15, -0.1) is 0 Å². The molecule has 1 aromatic heterocycles. The zero-order valence-electron chi connectivity index (χ0n) is 49.0. The highest BCUT2D eigenvalue weighted by atomic mass is 32.2. The van der Waals surface area contributed by atoms with Crippen LogP contribution in [0.5, 0.6) is 5.88 Å². The Kier molecular flexibility index (Phi) is 17.3. The second-order valence-corrected chi connectivity index (χ2v) is 29.3. The van der Waals surface area contributed by atoms with Gasteiger partial charge in [-0.3, -0.25) is 9.42 Å². The maximum Gasteiger partial charge on any atom is 0.414 e.